The Labute approximate surface area is 134 Å². The molecule has 0 radical (unpaired) electrons. The Morgan fingerprint density at radius 1 is 1.23 bits per heavy atom. The summed E-state index contributed by atoms with van der Waals surface area (Å²) in [6.45, 7) is 4.94. The highest BCUT2D eigenvalue weighted by atomic mass is 16.2. The first-order valence-electron chi connectivity index (χ1n) is 8.79. The van der Waals surface area contributed by atoms with Gasteiger partial charge in [-0.15, -0.1) is 0 Å². The number of hydrogen-bond donors (Lipinski definition) is 1. The molecule has 3 nitrogen and oxygen atoms in total. The van der Waals surface area contributed by atoms with Crippen molar-refractivity contribution in [1.29, 1.82) is 0 Å². The van der Waals surface area contributed by atoms with Crippen LogP contribution in [0.4, 0.5) is 0 Å². The van der Waals surface area contributed by atoms with E-state index in [0.29, 0.717) is 0 Å². The van der Waals surface area contributed by atoms with Crippen molar-refractivity contribution < 1.29 is 4.79 Å². The van der Waals surface area contributed by atoms with Gasteiger partial charge in [0.05, 0.1) is 6.04 Å². The van der Waals surface area contributed by atoms with E-state index in [1.807, 2.05) is 0 Å². The quantitative estimate of drug-likeness (QED) is 0.905. The Hall–Kier alpha value is -1.35. The average Bonchev–Trinajstić information content (AvgIpc) is 3.16. The molecule has 2 aliphatic rings. The average molecular weight is 300 g/mol. The summed E-state index contributed by atoms with van der Waals surface area (Å²) >= 11 is 0. The number of carbonyl (C=O) groups is 1. The minimum Gasteiger partial charge on any atom is -0.354 e. The second-order valence-electron chi connectivity index (χ2n) is 7.01. The lowest BCUT2D eigenvalue weighted by molar-refractivity contribution is -0.125. The van der Waals surface area contributed by atoms with E-state index < -0.39 is 0 Å². The normalized spacial score (nSPS) is 23.0. The lowest BCUT2D eigenvalue weighted by Crippen LogP contribution is -2.44. The molecule has 1 N–H and O–H groups in total. The highest BCUT2D eigenvalue weighted by Gasteiger charge is 2.30. The fourth-order valence-electron chi connectivity index (χ4n) is 3.93. The van der Waals surface area contributed by atoms with Crippen LogP contribution in [0.5, 0.6) is 0 Å². The van der Waals surface area contributed by atoms with E-state index in [1.54, 1.807) is 0 Å². The third-order valence-electron chi connectivity index (χ3n) is 5.17. The van der Waals surface area contributed by atoms with Crippen molar-refractivity contribution in [2.24, 2.45) is 5.92 Å². The molecule has 1 aliphatic heterocycles. The molecule has 0 bridgehead atoms. The van der Waals surface area contributed by atoms with Crippen molar-refractivity contribution in [1.82, 2.24) is 10.2 Å². The maximum atomic E-state index is 12.5. The fraction of sp³-hybridized carbons (Fsp3) is 0.632. The summed E-state index contributed by atoms with van der Waals surface area (Å²) < 4.78 is 0. The zero-order chi connectivity index (χ0) is 15.4. The van der Waals surface area contributed by atoms with Crippen LogP contribution in [-0.2, 0) is 11.3 Å². The number of amides is 1. The molecule has 1 saturated carbocycles. The van der Waals surface area contributed by atoms with Crippen LogP contribution in [0.3, 0.4) is 0 Å². The van der Waals surface area contributed by atoms with E-state index in [0.717, 1.165) is 38.4 Å². The second-order valence-corrected chi connectivity index (χ2v) is 7.01. The van der Waals surface area contributed by atoms with Crippen molar-refractivity contribution in [2.45, 2.75) is 58.0 Å². The molecule has 1 atom stereocenters. The largest absolute Gasteiger partial charge is 0.354 e. The van der Waals surface area contributed by atoms with Crippen LogP contribution in [0.1, 0.15) is 49.7 Å². The van der Waals surface area contributed by atoms with Gasteiger partial charge in [0.15, 0.2) is 0 Å². The summed E-state index contributed by atoms with van der Waals surface area (Å²) in [7, 11) is 0. The van der Waals surface area contributed by atoms with Gasteiger partial charge < -0.3 is 5.32 Å². The minimum absolute atomic E-state index is 0.0712. The number of nitrogens with zero attached hydrogens (tertiary/aromatic N) is 1. The zero-order valence-electron chi connectivity index (χ0n) is 13.7. The summed E-state index contributed by atoms with van der Waals surface area (Å²) in [6, 6.07) is 8.70. The summed E-state index contributed by atoms with van der Waals surface area (Å²) in [5.74, 6) is 0.965. The molecule has 2 fully saturated rings. The Balaban J connectivity index is 1.54. The van der Waals surface area contributed by atoms with Crippen LogP contribution in [0, 0.1) is 12.8 Å². The van der Waals surface area contributed by atoms with Gasteiger partial charge in [-0.05, 0) is 50.6 Å². The predicted octanol–water partition coefficient (Wildman–Crippen LogP) is 3.27. The Bertz CT molecular complexity index is 508. The number of nitrogens with one attached hydrogen (secondary N) is 1. The third-order valence-corrected chi connectivity index (χ3v) is 5.17. The van der Waals surface area contributed by atoms with Crippen molar-refractivity contribution in [3.8, 4) is 0 Å². The minimum atomic E-state index is 0.0712. The highest BCUT2D eigenvalue weighted by Crippen LogP contribution is 2.24. The van der Waals surface area contributed by atoms with E-state index >= 15 is 0 Å². The van der Waals surface area contributed by atoms with Gasteiger partial charge in [0, 0.05) is 13.1 Å². The number of carbonyl (C=O) groups excluding carboxylic acids is 1. The summed E-state index contributed by atoms with van der Waals surface area (Å²) in [6.07, 6.45) is 7.39. The topological polar surface area (TPSA) is 32.3 Å². The van der Waals surface area contributed by atoms with Crippen molar-refractivity contribution >= 4 is 5.91 Å². The number of benzene rings is 1. The van der Waals surface area contributed by atoms with Crippen LogP contribution < -0.4 is 5.32 Å². The molecule has 3 heteroatoms. The van der Waals surface area contributed by atoms with E-state index in [9.17, 15) is 4.79 Å². The molecular formula is C19H28N2O. The molecule has 1 aromatic rings. The standard InChI is InChI=1S/C19H28N2O/c1-15-6-4-9-17(12-15)14-21-11-5-10-18(21)19(22)20-13-16-7-2-3-8-16/h4,6,9,12,16,18H,2-3,5,7-8,10-11,13-14H2,1H3,(H,20,22). The van der Waals surface area contributed by atoms with Gasteiger partial charge in [-0.25, -0.2) is 0 Å². The molecule has 1 aliphatic carbocycles. The maximum Gasteiger partial charge on any atom is 0.237 e. The SMILES string of the molecule is Cc1cccc(CN2CCCC2C(=O)NCC2CCCC2)c1. The predicted molar refractivity (Wildman–Crippen MR) is 89.6 cm³/mol. The van der Waals surface area contributed by atoms with Crippen molar-refractivity contribution in [3.63, 3.8) is 0 Å². The molecule has 1 heterocycles. The monoisotopic (exact) mass is 300 g/mol. The second kappa shape index (κ2) is 7.28. The lowest BCUT2D eigenvalue weighted by Gasteiger charge is -2.24. The van der Waals surface area contributed by atoms with Gasteiger partial charge in [0.2, 0.25) is 5.91 Å². The van der Waals surface area contributed by atoms with Gasteiger partial charge in [-0.3, -0.25) is 9.69 Å². The molecule has 120 valence electrons. The maximum absolute atomic E-state index is 12.5. The number of likely N-dealkylation sites (tertiary alicyclic amines) is 1. The molecule has 1 aromatic carbocycles. The molecule has 0 spiro atoms. The molecule has 1 unspecified atom stereocenters. The third kappa shape index (κ3) is 3.89. The molecule has 22 heavy (non-hydrogen) atoms. The van der Waals surface area contributed by atoms with Crippen LogP contribution >= 0.6 is 0 Å². The van der Waals surface area contributed by atoms with Crippen LogP contribution in [0.2, 0.25) is 0 Å². The Morgan fingerprint density at radius 2 is 2.05 bits per heavy atom. The van der Waals surface area contributed by atoms with Gasteiger partial charge in [0.1, 0.15) is 0 Å². The first-order valence-corrected chi connectivity index (χ1v) is 8.79. The molecule has 1 saturated heterocycles. The van der Waals surface area contributed by atoms with Crippen molar-refractivity contribution in [3.05, 3.63) is 35.4 Å². The number of rotatable bonds is 5. The van der Waals surface area contributed by atoms with Gasteiger partial charge >= 0.3 is 0 Å². The molecule has 0 aromatic heterocycles. The van der Waals surface area contributed by atoms with Gasteiger partial charge in [-0.2, -0.15) is 0 Å². The summed E-state index contributed by atoms with van der Waals surface area (Å²) in [4.78, 5) is 14.9. The molecular weight excluding hydrogens is 272 g/mol. The Kier molecular flexibility index (Phi) is 5.14. The van der Waals surface area contributed by atoms with E-state index in [1.165, 1.54) is 36.8 Å². The van der Waals surface area contributed by atoms with Crippen molar-refractivity contribution in [2.75, 3.05) is 13.1 Å². The molecule has 3 rings (SSSR count). The first-order chi connectivity index (χ1) is 10.7. The van der Waals surface area contributed by atoms with Crippen LogP contribution in [0.25, 0.3) is 0 Å². The zero-order valence-corrected chi connectivity index (χ0v) is 13.7. The van der Waals surface area contributed by atoms with Gasteiger partial charge in [-0.1, -0.05) is 42.7 Å². The number of hydrogen-bond acceptors (Lipinski definition) is 2. The summed E-state index contributed by atoms with van der Waals surface area (Å²) in [5.41, 5.74) is 2.61. The first kappa shape index (κ1) is 15.5. The van der Waals surface area contributed by atoms with Gasteiger partial charge in [0.25, 0.3) is 0 Å². The highest BCUT2D eigenvalue weighted by molar-refractivity contribution is 5.82. The smallest absolute Gasteiger partial charge is 0.237 e. The lowest BCUT2D eigenvalue weighted by atomic mass is 10.1. The van der Waals surface area contributed by atoms with E-state index in [-0.39, 0.29) is 11.9 Å². The van der Waals surface area contributed by atoms with Crippen LogP contribution in [0.15, 0.2) is 24.3 Å². The number of aryl methyl sites for hydroxylation is 1. The van der Waals surface area contributed by atoms with E-state index in [4.69, 9.17) is 0 Å². The Morgan fingerprint density at radius 3 is 2.82 bits per heavy atom. The molecule has 1 amide bonds. The van der Waals surface area contributed by atoms with E-state index in [2.05, 4.69) is 41.4 Å². The summed E-state index contributed by atoms with van der Waals surface area (Å²) in [5, 5.41) is 3.21. The fourth-order valence-corrected chi connectivity index (χ4v) is 3.93. The van der Waals surface area contributed by atoms with Crippen LogP contribution in [-0.4, -0.2) is 29.9 Å².